The van der Waals surface area contributed by atoms with Crippen LogP contribution in [0.25, 0.3) is 0 Å². The van der Waals surface area contributed by atoms with E-state index in [-0.39, 0.29) is 18.0 Å². The molecule has 2 heterocycles. The predicted octanol–water partition coefficient (Wildman–Crippen LogP) is 4.02. The zero-order chi connectivity index (χ0) is 21.7. The Bertz CT molecular complexity index is 880. The molecule has 1 aromatic carbocycles. The van der Waals surface area contributed by atoms with E-state index < -0.39 is 0 Å². The van der Waals surface area contributed by atoms with Crippen molar-refractivity contribution < 1.29 is 9.59 Å². The second-order valence-corrected chi connectivity index (χ2v) is 8.89. The van der Waals surface area contributed by atoms with E-state index in [2.05, 4.69) is 22.1 Å². The number of nitrogens with one attached hydrogen (secondary N) is 1. The summed E-state index contributed by atoms with van der Waals surface area (Å²) in [4.78, 5) is 36.0. The Balaban J connectivity index is 1.63. The molecule has 1 aliphatic heterocycles. The number of aromatic nitrogens is 1. The molecule has 1 saturated heterocycles. The molecule has 0 bridgehead atoms. The number of likely N-dealkylation sites (N-methyl/N-ethyl adjacent to an activating group) is 1. The Kier molecular flexibility index (Phi) is 7.69. The Hall–Kier alpha value is -2.16. The van der Waals surface area contributed by atoms with Gasteiger partial charge in [0, 0.05) is 48.3 Å². The highest BCUT2D eigenvalue weighted by Gasteiger charge is 2.24. The van der Waals surface area contributed by atoms with Gasteiger partial charge in [0.1, 0.15) is 10.7 Å². The maximum absolute atomic E-state index is 12.8. The smallest absolute Gasteiger partial charge is 0.322 e. The van der Waals surface area contributed by atoms with Crippen molar-refractivity contribution in [1.82, 2.24) is 19.7 Å². The van der Waals surface area contributed by atoms with Crippen molar-refractivity contribution in [2.75, 3.05) is 38.0 Å². The number of anilines is 1. The minimum absolute atomic E-state index is 0.0330. The molecule has 3 amide bonds. The first-order valence-corrected chi connectivity index (χ1v) is 11.4. The first-order chi connectivity index (χ1) is 14.4. The van der Waals surface area contributed by atoms with Crippen LogP contribution in [0.5, 0.6) is 0 Å². The molecule has 0 radical (unpaired) electrons. The fourth-order valence-corrected chi connectivity index (χ4v) is 4.26. The van der Waals surface area contributed by atoms with Crippen LogP contribution in [0.4, 0.5) is 10.5 Å². The lowest BCUT2D eigenvalue weighted by Gasteiger charge is -2.33. The molecule has 1 N–H and O–H groups in total. The predicted molar refractivity (Wildman–Crippen MR) is 121 cm³/mol. The molecule has 0 saturated carbocycles. The van der Waals surface area contributed by atoms with Gasteiger partial charge in [0.05, 0.1) is 6.54 Å². The zero-order valence-electron chi connectivity index (χ0n) is 17.6. The lowest BCUT2D eigenvalue weighted by atomic mass is 10.3. The highest BCUT2D eigenvalue weighted by atomic mass is 35.5. The Morgan fingerprint density at radius 2 is 2.00 bits per heavy atom. The van der Waals surface area contributed by atoms with Gasteiger partial charge in [-0.2, -0.15) is 0 Å². The lowest BCUT2D eigenvalue weighted by Crippen LogP contribution is -2.48. The largest absolute Gasteiger partial charge is 0.335 e. The van der Waals surface area contributed by atoms with Crippen LogP contribution in [-0.2, 0) is 6.54 Å². The number of amides is 3. The van der Waals surface area contributed by atoms with Gasteiger partial charge >= 0.3 is 6.03 Å². The van der Waals surface area contributed by atoms with Crippen LogP contribution in [0.3, 0.4) is 0 Å². The summed E-state index contributed by atoms with van der Waals surface area (Å²) in [5.41, 5.74) is 1.10. The molecule has 1 fully saturated rings. The lowest BCUT2D eigenvalue weighted by molar-refractivity contribution is 0.0638. The van der Waals surface area contributed by atoms with Crippen LogP contribution in [0.2, 0.25) is 5.02 Å². The van der Waals surface area contributed by atoms with Crippen molar-refractivity contribution in [3.63, 3.8) is 0 Å². The maximum Gasteiger partial charge on any atom is 0.322 e. The number of carbonyl (C=O) groups is 2. The third kappa shape index (κ3) is 5.71. The third-order valence-corrected chi connectivity index (χ3v) is 6.21. The molecule has 2 aromatic rings. The second-order valence-electron chi connectivity index (χ2n) is 7.52. The van der Waals surface area contributed by atoms with Gasteiger partial charge in [-0.05, 0) is 38.6 Å². The van der Waals surface area contributed by atoms with E-state index in [0.717, 1.165) is 37.7 Å². The fourth-order valence-electron chi connectivity index (χ4n) is 3.31. The van der Waals surface area contributed by atoms with Gasteiger partial charge in [0.15, 0.2) is 0 Å². The van der Waals surface area contributed by atoms with Crippen LogP contribution in [0, 0.1) is 0 Å². The number of hydrogen-bond acceptors (Lipinski definition) is 5. The first-order valence-electron chi connectivity index (χ1n) is 10.2. The Morgan fingerprint density at radius 1 is 1.27 bits per heavy atom. The molecule has 0 spiro atoms. The standard InChI is InChI=1S/C21H28ClN5O2S/c1-4-25-8-10-26(11-9-25)20(28)18-14-30-19(24-18)13-27(15(2)3)21(29)23-17-7-5-6-16(22)12-17/h5-7,12,14-15H,4,8-11,13H2,1-3H3,(H,23,29). The fraction of sp³-hybridized carbons (Fsp3) is 0.476. The molecule has 1 aliphatic rings. The molecule has 9 heteroatoms. The van der Waals surface area contributed by atoms with Crippen LogP contribution in [-0.4, -0.2) is 70.4 Å². The van der Waals surface area contributed by atoms with Crippen LogP contribution >= 0.6 is 22.9 Å². The maximum atomic E-state index is 12.8. The van der Waals surface area contributed by atoms with Gasteiger partial charge in [-0.25, -0.2) is 9.78 Å². The quantitative estimate of drug-likeness (QED) is 0.723. The van der Waals surface area contributed by atoms with Crippen molar-refractivity contribution in [2.24, 2.45) is 0 Å². The highest BCUT2D eigenvalue weighted by molar-refractivity contribution is 7.09. The Morgan fingerprint density at radius 3 is 2.63 bits per heavy atom. The summed E-state index contributed by atoms with van der Waals surface area (Å²) in [6.45, 7) is 10.6. The van der Waals surface area contributed by atoms with E-state index in [9.17, 15) is 9.59 Å². The van der Waals surface area contributed by atoms with Gasteiger partial charge in [-0.1, -0.05) is 24.6 Å². The van der Waals surface area contributed by atoms with Crippen molar-refractivity contribution in [1.29, 1.82) is 0 Å². The van der Waals surface area contributed by atoms with E-state index in [1.54, 1.807) is 34.5 Å². The molecular weight excluding hydrogens is 422 g/mol. The molecule has 3 rings (SSSR count). The summed E-state index contributed by atoms with van der Waals surface area (Å²) in [6.07, 6.45) is 0. The normalized spacial score (nSPS) is 14.8. The summed E-state index contributed by atoms with van der Waals surface area (Å²) in [5, 5.41) is 5.96. The minimum atomic E-state index is -0.231. The third-order valence-electron chi connectivity index (χ3n) is 5.14. The van der Waals surface area contributed by atoms with E-state index in [0.29, 0.717) is 22.9 Å². The van der Waals surface area contributed by atoms with E-state index in [1.807, 2.05) is 18.7 Å². The summed E-state index contributed by atoms with van der Waals surface area (Å²) >= 11 is 7.41. The average molecular weight is 450 g/mol. The summed E-state index contributed by atoms with van der Waals surface area (Å²) in [5.74, 6) is -0.0345. The summed E-state index contributed by atoms with van der Waals surface area (Å²) in [7, 11) is 0. The number of piperazine rings is 1. The number of rotatable bonds is 6. The number of benzene rings is 1. The number of urea groups is 1. The number of hydrogen-bond donors (Lipinski definition) is 1. The average Bonchev–Trinajstić information content (AvgIpc) is 3.20. The van der Waals surface area contributed by atoms with Crippen molar-refractivity contribution in [3.8, 4) is 0 Å². The second kappa shape index (κ2) is 10.2. The monoisotopic (exact) mass is 449 g/mol. The number of nitrogens with zero attached hydrogens (tertiary/aromatic N) is 4. The van der Waals surface area contributed by atoms with E-state index in [4.69, 9.17) is 11.6 Å². The molecule has 0 atom stereocenters. The number of carbonyl (C=O) groups excluding carboxylic acids is 2. The van der Waals surface area contributed by atoms with Gasteiger partial charge in [0.2, 0.25) is 0 Å². The highest BCUT2D eigenvalue weighted by Crippen LogP contribution is 2.19. The van der Waals surface area contributed by atoms with Crippen LogP contribution in [0.1, 0.15) is 36.3 Å². The van der Waals surface area contributed by atoms with Crippen molar-refractivity contribution >= 4 is 40.6 Å². The molecule has 30 heavy (non-hydrogen) atoms. The van der Waals surface area contributed by atoms with E-state index >= 15 is 0 Å². The summed E-state index contributed by atoms with van der Waals surface area (Å²) < 4.78 is 0. The van der Waals surface area contributed by atoms with Crippen molar-refractivity contribution in [2.45, 2.75) is 33.4 Å². The molecular formula is C21H28ClN5O2S. The molecule has 7 nitrogen and oxygen atoms in total. The molecule has 0 unspecified atom stereocenters. The van der Waals surface area contributed by atoms with E-state index in [1.165, 1.54) is 11.3 Å². The molecule has 0 aliphatic carbocycles. The van der Waals surface area contributed by atoms with Crippen LogP contribution < -0.4 is 5.32 Å². The summed E-state index contributed by atoms with van der Waals surface area (Å²) in [6, 6.07) is 6.78. The molecule has 1 aromatic heterocycles. The van der Waals surface area contributed by atoms with Gasteiger partial charge < -0.3 is 20.0 Å². The van der Waals surface area contributed by atoms with Crippen LogP contribution in [0.15, 0.2) is 29.6 Å². The zero-order valence-corrected chi connectivity index (χ0v) is 19.2. The van der Waals surface area contributed by atoms with Gasteiger partial charge in [0.25, 0.3) is 5.91 Å². The minimum Gasteiger partial charge on any atom is -0.335 e. The van der Waals surface area contributed by atoms with Gasteiger partial charge in [-0.3, -0.25) is 4.79 Å². The number of halogens is 1. The van der Waals surface area contributed by atoms with Crippen molar-refractivity contribution in [3.05, 3.63) is 45.4 Å². The van der Waals surface area contributed by atoms with Gasteiger partial charge in [-0.15, -0.1) is 11.3 Å². The topological polar surface area (TPSA) is 68.8 Å². The number of thiazole rings is 1. The Labute approximate surface area is 186 Å². The SMILES string of the molecule is CCN1CCN(C(=O)c2csc(CN(C(=O)Nc3cccc(Cl)c3)C(C)C)n2)CC1. The molecule has 162 valence electrons. The first kappa shape index (κ1) is 22.5.